The van der Waals surface area contributed by atoms with Crippen LogP contribution in [0.4, 0.5) is 4.39 Å². The summed E-state index contributed by atoms with van der Waals surface area (Å²) in [5, 5.41) is 2.92. The number of carbonyl (C=O) groups excluding carboxylic acids is 1. The van der Waals surface area contributed by atoms with E-state index in [1.807, 2.05) is 0 Å². The molecule has 4 heteroatoms. The zero-order valence-electron chi connectivity index (χ0n) is 16.2. The van der Waals surface area contributed by atoms with Crippen LogP contribution in [0.3, 0.4) is 0 Å². The Labute approximate surface area is 161 Å². The Morgan fingerprint density at radius 2 is 1.67 bits per heavy atom. The molecule has 0 aliphatic heterocycles. The number of benzene rings is 2. The van der Waals surface area contributed by atoms with E-state index < -0.39 is 5.82 Å². The van der Waals surface area contributed by atoms with Gasteiger partial charge in [0, 0.05) is 12.6 Å². The molecule has 0 saturated heterocycles. The molecule has 0 spiro atoms. The van der Waals surface area contributed by atoms with Gasteiger partial charge in [-0.3, -0.25) is 4.79 Å². The van der Waals surface area contributed by atoms with Gasteiger partial charge < -0.3 is 10.2 Å². The van der Waals surface area contributed by atoms with Crippen molar-refractivity contribution in [2.75, 3.05) is 20.6 Å². The van der Waals surface area contributed by atoms with Gasteiger partial charge in [-0.15, -0.1) is 0 Å². The molecule has 3 rings (SSSR count). The van der Waals surface area contributed by atoms with Crippen molar-refractivity contribution in [2.45, 2.75) is 31.7 Å². The maximum absolute atomic E-state index is 13.7. The Kier molecular flexibility index (Phi) is 6.62. The molecule has 2 aromatic carbocycles. The van der Waals surface area contributed by atoms with Crippen molar-refractivity contribution >= 4 is 5.91 Å². The number of hydrogen-bond donors (Lipinski definition) is 1. The maximum atomic E-state index is 13.7. The summed E-state index contributed by atoms with van der Waals surface area (Å²) in [6, 6.07) is 17.3. The van der Waals surface area contributed by atoms with Crippen LogP contribution in [0.2, 0.25) is 0 Å². The molecule has 27 heavy (non-hydrogen) atoms. The van der Waals surface area contributed by atoms with E-state index in [0.717, 1.165) is 25.7 Å². The number of nitrogens with zero attached hydrogens (tertiary/aromatic N) is 1. The van der Waals surface area contributed by atoms with Crippen LogP contribution in [0.5, 0.6) is 0 Å². The molecule has 1 aliphatic carbocycles. The number of hydrogen-bond acceptors (Lipinski definition) is 2. The topological polar surface area (TPSA) is 32.3 Å². The number of rotatable bonds is 6. The lowest BCUT2D eigenvalue weighted by Gasteiger charge is -2.37. The summed E-state index contributed by atoms with van der Waals surface area (Å²) in [4.78, 5) is 14.5. The number of amides is 1. The lowest BCUT2D eigenvalue weighted by atomic mass is 9.76. The molecule has 1 aliphatic rings. The molecular formula is C23H29FN2O. The minimum absolute atomic E-state index is 0.128. The van der Waals surface area contributed by atoms with Crippen molar-refractivity contribution in [3.05, 3.63) is 71.5 Å². The van der Waals surface area contributed by atoms with Gasteiger partial charge in [-0.25, -0.2) is 4.39 Å². The summed E-state index contributed by atoms with van der Waals surface area (Å²) in [6.07, 6.45) is 4.49. The van der Waals surface area contributed by atoms with Crippen molar-refractivity contribution < 1.29 is 9.18 Å². The summed E-state index contributed by atoms with van der Waals surface area (Å²) in [5.41, 5.74) is 1.50. The van der Waals surface area contributed by atoms with Crippen LogP contribution < -0.4 is 5.32 Å². The van der Waals surface area contributed by atoms with Gasteiger partial charge >= 0.3 is 0 Å². The first-order valence-corrected chi connectivity index (χ1v) is 9.80. The van der Waals surface area contributed by atoms with Gasteiger partial charge in [0.15, 0.2) is 0 Å². The van der Waals surface area contributed by atoms with Crippen LogP contribution in [-0.4, -0.2) is 31.4 Å². The first-order valence-electron chi connectivity index (χ1n) is 9.80. The summed E-state index contributed by atoms with van der Waals surface area (Å²) < 4.78 is 13.7. The van der Waals surface area contributed by atoms with Gasteiger partial charge in [0.2, 0.25) is 0 Å². The van der Waals surface area contributed by atoms with Gasteiger partial charge in [-0.1, -0.05) is 42.5 Å². The molecular weight excluding hydrogens is 339 g/mol. The second-order valence-corrected chi connectivity index (χ2v) is 7.79. The lowest BCUT2D eigenvalue weighted by molar-refractivity contribution is 0.0930. The molecule has 0 bridgehead atoms. The Morgan fingerprint density at radius 1 is 1.04 bits per heavy atom. The van der Waals surface area contributed by atoms with Gasteiger partial charge in [-0.05, 0) is 69.3 Å². The van der Waals surface area contributed by atoms with Crippen molar-refractivity contribution in [3.63, 3.8) is 0 Å². The number of carbonyl (C=O) groups is 1. The third-order valence-corrected chi connectivity index (χ3v) is 5.71. The fraction of sp³-hybridized carbons (Fsp3) is 0.435. The first-order chi connectivity index (χ1) is 13.1. The minimum Gasteiger partial charge on any atom is -0.352 e. The monoisotopic (exact) mass is 368 g/mol. The quantitative estimate of drug-likeness (QED) is 0.804. The van der Waals surface area contributed by atoms with E-state index in [9.17, 15) is 9.18 Å². The van der Waals surface area contributed by atoms with E-state index >= 15 is 0 Å². The summed E-state index contributed by atoms with van der Waals surface area (Å²) in [7, 11) is 4.30. The standard InChI is InChI=1S/C23H29FN2O/c1-26(2)22(18-8-4-3-5-9-18)19-14-12-17(13-15-19)16-25-23(27)20-10-6-7-11-21(20)24/h3-11,17,19,22H,12-16H2,1-2H3,(H,25,27). The Bertz CT molecular complexity index is 739. The van der Waals surface area contributed by atoms with E-state index in [1.54, 1.807) is 12.1 Å². The van der Waals surface area contributed by atoms with Crippen molar-refractivity contribution in [2.24, 2.45) is 11.8 Å². The third-order valence-electron chi connectivity index (χ3n) is 5.71. The average Bonchev–Trinajstić information content (AvgIpc) is 2.68. The van der Waals surface area contributed by atoms with E-state index in [-0.39, 0.29) is 11.5 Å². The third kappa shape index (κ3) is 4.95. The molecule has 144 valence electrons. The predicted octanol–water partition coefficient (Wildman–Crippen LogP) is 4.66. The smallest absolute Gasteiger partial charge is 0.254 e. The van der Waals surface area contributed by atoms with E-state index in [4.69, 9.17) is 0 Å². The molecule has 1 amide bonds. The predicted molar refractivity (Wildman–Crippen MR) is 107 cm³/mol. The van der Waals surface area contributed by atoms with Crippen LogP contribution in [-0.2, 0) is 0 Å². The van der Waals surface area contributed by atoms with Gasteiger partial charge in [-0.2, -0.15) is 0 Å². The van der Waals surface area contributed by atoms with Crippen LogP contribution >= 0.6 is 0 Å². The van der Waals surface area contributed by atoms with Crippen LogP contribution in [0.15, 0.2) is 54.6 Å². The molecule has 1 atom stereocenters. The Hall–Kier alpha value is -2.20. The Balaban J connectivity index is 1.52. The normalized spacial score (nSPS) is 21.0. The highest BCUT2D eigenvalue weighted by atomic mass is 19.1. The molecule has 1 fully saturated rings. The maximum Gasteiger partial charge on any atom is 0.254 e. The summed E-state index contributed by atoms with van der Waals surface area (Å²) in [6.45, 7) is 0.623. The lowest BCUT2D eigenvalue weighted by Crippen LogP contribution is -2.34. The van der Waals surface area contributed by atoms with Gasteiger partial charge in [0.05, 0.1) is 5.56 Å². The van der Waals surface area contributed by atoms with Crippen molar-refractivity contribution in [1.82, 2.24) is 10.2 Å². The molecule has 1 saturated carbocycles. The molecule has 1 unspecified atom stereocenters. The van der Waals surface area contributed by atoms with Crippen LogP contribution in [0.25, 0.3) is 0 Å². The first kappa shape index (κ1) is 19.6. The molecule has 0 aromatic heterocycles. The fourth-order valence-electron chi connectivity index (χ4n) is 4.33. The largest absolute Gasteiger partial charge is 0.352 e. The molecule has 3 nitrogen and oxygen atoms in total. The van der Waals surface area contributed by atoms with Crippen LogP contribution in [0, 0.1) is 17.7 Å². The fourth-order valence-corrected chi connectivity index (χ4v) is 4.33. The van der Waals surface area contributed by atoms with Crippen molar-refractivity contribution in [3.8, 4) is 0 Å². The van der Waals surface area contributed by atoms with Gasteiger partial charge in [0.1, 0.15) is 5.82 Å². The second kappa shape index (κ2) is 9.14. The van der Waals surface area contributed by atoms with E-state index in [2.05, 4.69) is 54.6 Å². The van der Waals surface area contributed by atoms with E-state index in [1.165, 1.54) is 17.7 Å². The summed E-state index contributed by atoms with van der Waals surface area (Å²) in [5.74, 6) is 0.317. The zero-order valence-corrected chi connectivity index (χ0v) is 16.2. The molecule has 0 heterocycles. The Morgan fingerprint density at radius 3 is 2.30 bits per heavy atom. The van der Waals surface area contributed by atoms with Crippen LogP contribution in [0.1, 0.15) is 47.6 Å². The zero-order chi connectivity index (χ0) is 19.2. The highest BCUT2D eigenvalue weighted by Crippen LogP contribution is 2.39. The summed E-state index contributed by atoms with van der Waals surface area (Å²) >= 11 is 0. The second-order valence-electron chi connectivity index (χ2n) is 7.79. The highest BCUT2D eigenvalue weighted by Gasteiger charge is 2.30. The average molecular weight is 368 g/mol. The minimum atomic E-state index is -0.463. The SMILES string of the molecule is CN(C)C(c1ccccc1)C1CCC(CNC(=O)c2ccccc2F)CC1. The van der Waals surface area contributed by atoms with E-state index in [0.29, 0.717) is 24.4 Å². The molecule has 1 N–H and O–H groups in total. The molecule has 0 radical (unpaired) electrons. The number of halogens is 1. The van der Waals surface area contributed by atoms with Gasteiger partial charge in [0.25, 0.3) is 5.91 Å². The van der Waals surface area contributed by atoms with Crippen molar-refractivity contribution in [1.29, 1.82) is 0 Å². The highest BCUT2D eigenvalue weighted by molar-refractivity contribution is 5.94. The molecule has 2 aromatic rings. The number of nitrogens with one attached hydrogen (secondary N) is 1.